The number of halogens is 2. The third kappa shape index (κ3) is 2.17. The normalized spacial score (nSPS) is 9.77. The highest BCUT2D eigenvalue weighted by molar-refractivity contribution is 14.1. The summed E-state index contributed by atoms with van der Waals surface area (Å²) in [5, 5.41) is 0. The van der Waals surface area contributed by atoms with Crippen molar-refractivity contribution in [3.63, 3.8) is 0 Å². The molecule has 0 bridgehead atoms. The van der Waals surface area contributed by atoms with E-state index < -0.39 is 0 Å². The van der Waals surface area contributed by atoms with E-state index in [-0.39, 0.29) is 5.78 Å². The highest BCUT2D eigenvalue weighted by atomic mass is 127. The molecule has 0 atom stereocenters. The molecule has 13 heavy (non-hydrogen) atoms. The molecule has 0 aliphatic rings. The zero-order valence-corrected chi connectivity index (χ0v) is 10.5. The molecular weight excluding hydrogens is 347 g/mol. The molecule has 0 aromatic heterocycles. The molecule has 1 aromatic rings. The average Bonchev–Trinajstić information content (AvgIpc) is 2.07. The first-order valence-electron chi connectivity index (χ1n) is 3.52. The van der Waals surface area contributed by atoms with Crippen LogP contribution in [0.3, 0.4) is 0 Å². The first kappa shape index (κ1) is 10.8. The topological polar surface area (TPSA) is 34.1 Å². The predicted molar refractivity (Wildman–Crippen MR) is 62.3 cm³/mol. The van der Waals surface area contributed by atoms with E-state index in [0.717, 1.165) is 3.57 Å². The highest BCUT2D eigenvalue weighted by Gasteiger charge is 2.13. The van der Waals surface area contributed by atoms with Gasteiger partial charge in [0.1, 0.15) is 0 Å². The quantitative estimate of drug-likeness (QED) is 0.465. The lowest BCUT2D eigenvalue weighted by atomic mass is 10.1. The minimum absolute atomic E-state index is 0.0900. The Kier molecular flexibility index (Phi) is 3.61. The third-order valence-corrected chi connectivity index (χ3v) is 3.20. The van der Waals surface area contributed by atoms with Gasteiger partial charge >= 0.3 is 0 Å². The second-order valence-electron chi connectivity index (χ2n) is 2.49. The molecule has 2 nitrogen and oxygen atoms in total. The largest absolute Gasteiger partial charge is 0.298 e. The molecule has 4 heteroatoms. The van der Waals surface area contributed by atoms with Crippen LogP contribution in [0, 0.1) is 3.57 Å². The van der Waals surface area contributed by atoms with Crippen LogP contribution in [0.5, 0.6) is 0 Å². The van der Waals surface area contributed by atoms with Crippen molar-refractivity contribution in [3.05, 3.63) is 31.3 Å². The number of carbonyl (C=O) groups excluding carboxylic acids is 2. The van der Waals surface area contributed by atoms with E-state index in [1.54, 1.807) is 12.1 Å². The first-order valence-corrected chi connectivity index (χ1v) is 5.39. The Labute approximate surface area is 98.0 Å². The van der Waals surface area contributed by atoms with Crippen LogP contribution >= 0.6 is 38.5 Å². The van der Waals surface area contributed by atoms with E-state index in [0.29, 0.717) is 21.9 Å². The van der Waals surface area contributed by atoms with E-state index in [4.69, 9.17) is 0 Å². The molecule has 68 valence electrons. The summed E-state index contributed by atoms with van der Waals surface area (Å²) in [7, 11) is 0. The molecule has 0 fully saturated rings. The Hall–Kier alpha value is -0.230. The van der Waals surface area contributed by atoms with Crippen LogP contribution in [0.2, 0.25) is 0 Å². The lowest BCUT2D eigenvalue weighted by molar-refractivity contribution is 0.100. The van der Waals surface area contributed by atoms with Gasteiger partial charge < -0.3 is 0 Å². The van der Waals surface area contributed by atoms with Crippen LogP contribution < -0.4 is 0 Å². The summed E-state index contributed by atoms with van der Waals surface area (Å²) < 4.78 is 1.46. The molecule has 0 radical (unpaired) electrons. The molecule has 0 amide bonds. The number of hydrogen-bond acceptors (Lipinski definition) is 2. The molecule has 0 aliphatic heterocycles. The van der Waals surface area contributed by atoms with Crippen molar-refractivity contribution >= 4 is 50.6 Å². The fourth-order valence-electron chi connectivity index (χ4n) is 1.04. The molecule has 0 unspecified atom stereocenters. The average molecular weight is 353 g/mol. The van der Waals surface area contributed by atoms with E-state index in [2.05, 4.69) is 15.9 Å². The number of hydrogen-bond donors (Lipinski definition) is 0. The van der Waals surface area contributed by atoms with Crippen molar-refractivity contribution in [1.29, 1.82) is 0 Å². The maximum atomic E-state index is 11.2. The predicted octanol–water partition coefficient (Wildman–Crippen LogP) is 3.07. The molecule has 1 rings (SSSR count). The molecule has 0 saturated heterocycles. The SMILES string of the molecule is CC(=O)c1c(I)ccc(Br)c1C=O. The van der Waals surface area contributed by atoms with Gasteiger partial charge in [-0.25, -0.2) is 0 Å². The lowest BCUT2D eigenvalue weighted by Gasteiger charge is -2.05. The maximum Gasteiger partial charge on any atom is 0.161 e. The van der Waals surface area contributed by atoms with Gasteiger partial charge in [-0.15, -0.1) is 0 Å². The van der Waals surface area contributed by atoms with Crippen LogP contribution in [-0.4, -0.2) is 12.1 Å². The van der Waals surface area contributed by atoms with Gasteiger partial charge in [0.25, 0.3) is 0 Å². The van der Waals surface area contributed by atoms with Gasteiger partial charge in [-0.1, -0.05) is 15.9 Å². The van der Waals surface area contributed by atoms with Crippen molar-refractivity contribution in [1.82, 2.24) is 0 Å². The summed E-state index contributed by atoms with van der Waals surface area (Å²) in [5.74, 6) is -0.0900. The maximum absolute atomic E-state index is 11.2. The summed E-state index contributed by atoms with van der Waals surface area (Å²) in [5.41, 5.74) is 0.921. The molecular formula is C9H6BrIO2. The van der Waals surface area contributed by atoms with Gasteiger partial charge in [-0.3, -0.25) is 9.59 Å². The van der Waals surface area contributed by atoms with E-state index in [1.165, 1.54) is 6.92 Å². The van der Waals surface area contributed by atoms with Crippen LogP contribution in [0.1, 0.15) is 27.6 Å². The molecule has 0 spiro atoms. The summed E-state index contributed by atoms with van der Waals surface area (Å²) in [6, 6.07) is 3.56. The van der Waals surface area contributed by atoms with Gasteiger partial charge in [-0.05, 0) is 41.6 Å². The number of ketones is 1. The van der Waals surface area contributed by atoms with Crippen molar-refractivity contribution < 1.29 is 9.59 Å². The van der Waals surface area contributed by atoms with Crippen molar-refractivity contribution in [2.75, 3.05) is 0 Å². The summed E-state index contributed by atoms with van der Waals surface area (Å²) in [4.78, 5) is 21.9. The number of aldehydes is 1. The van der Waals surface area contributed by atoms with Crippen molar-refractivity contribution in [2.45, 2.75) is 6.92 Å². The number of carbonyl (C=O) groups is 2. The zero-order valence-electron chi connectivity index (χ0n) is 6.80. The van der Waals surface area contributed by atoms with E-state index in [9.17, 15) is 9.59 Å². The van der Waals surface area contributed by atoms with Crippen molar-refractivity contribution in [2.24, 2.45) is 0 Å². The second-order valence-corrected chi connectivity index (χ2v) is 4.51. The molecule has 0 heterocycles. The molecule has 0 saturated carbocycles. The van der Waals surface area contributed by atoms with Gasteiger partial charge in [0.15, 0.2) is 12.1 Å². The number of Topliss-reactive ketones (excluding diaryl/α,β-unsaturated/α-hetero) is 1. The highest BCUT2D eigenvalue weighted by Crippen LogP contribution is 2.24. The van der Waals surface area contributed by atoms with Gasteiger partial charge in [0.2, 0.25) is 0 Å². The van der Waals surface area contributed by atoms with Crippen LogP contribution in [0.4, 0.5) is 0 Å². The summed E-state index contributed by atoms with van der Waals surface area (Å²) in [6.45, 7) is 1.46. The van der Waals surface area contributed by atoms with E-state index >= 15 is 0 Å². The minimum atomic E-state index is -0.0900. The first-order chi connectivity index (χ1) is 6.07. The Morgan fingerprint density at radius 2 is 2.15 bits per heavy atom. The van der Waals surface area contributed by atoms with Gasteiger partial charge in [-0.2, -0.15) is 0 Å². The fourth-order valence-corrected chi connectivity index (χ4v) is 2.31. The lowest BCUT2D eigenvalue weighted by Crippen LogP contribution is -2.02. The summed E-state index contributed by atoms with van der Waals surface area (Å²) in [6.07, 6.45) is 0.697. The van der Waals surface area contributed by atoms with Crippen LogP contribution in [0.15, 0.2) is 16.6 Å². The van der Waals surface area contributed by atoms with Gasteiger partial charge in [0.05, 0.1) is 0 Å². The molecule has 0 aliphatic carbocycles. The van der Waals surface area contributed by atoms with Crippen molar-refractivity contribution in [3.8, 4) is 0 Å². The standard InChI is InChI=1S/C9H6BrIO2/c1-5(13)9-6(4-12)7(10)2-3-8(9)11/h2-4H,1H3. The Morgan fingerprint density at radius 3 is 2.54 bits per heavy atom. The Morgan fingerprint density at radius 1 is 1.54 bits per heavy atom. The van der Waals surface area contributed by atoms with Crippen LogP contribution in [-0.2, 0) is 0 Å². The van der Waals surface area contributed by atoms with Gasteiger partial charge in [0, 0.05) is 19.2 Å². The third-order valence-electron chi connectivity index (χ3n) is 1.61. The molecule has 0 N–H and O–H groups in total. The Bertz CT molecular complexity index is 374. The Balaban J connectivity index is 3.52. The summed E-state index contributed by atoms with van der Waals surface area (Å²) >= 11 is 5.26. The second kappa shape index (κ2) is 4.32. The smallest absolute Gasteiger partial charge is 0.161 e. The number of rotatable bonds is 2. The molecule has 1 aromatic carbocycles. The monoisotopic (exact) mass is 352 g/mol. The minimum Gasteiger partial charge on any atom is -0.298 e. The van der Waals surface area contributed by atoms with E-state index in [1.807, 2.05) is 22.6 Å². The number of benzene rings is 1. The fraction of sp³-hybridized carbons (Fsp3) is 0.111. The zero-order chi connectivity index (χ0) is 10.0. The van der Waals surface area contributed by atoms with Crippen LogP contribution in [0.25, 0.3) is 0 Å².